The standard InChI is InChI=1S/C29H29F3N2O2/c30-13-2-15-34-16-12-24(19-34)35-22-7-5-20(6-8-22)29-25-10-9-23(36-32)17-21(25)3-1-4-27(29)26-11-14-33-18-28(26)31/h5-11,14,17-18,24H,1-4,12-13,15-16,19H2/t24-/m0/s1. The maximum atomic E-state index is 14.9. The van der Waals surface area contributed by atoms with Gasteiger partial charge in [-0.05, 0) is 90.3 Å². The number of fused-ring (bicyclic) bond motifs is 1. The van der Waals surface area contributed by atoms with Crippen LogP contribution in [0.15, 0.2) is 60.9 Å². The molecule has 1 aliphatic heterocycles. The summed E-state index contributed by atoms with van der Waals surface area (Å²) < 4.78 is 46.5. The first kappa shape index (κ1) is 24.4. The van der Waals surface area contributed by atoms with Gasteiger partial charge in [-0.2, -0.15) is 0 Å². The van der Waals surface area contributed by atoms with E-state index in [9.17, 15) is 13.3 Å². The van der Waals surface area contributed by atoms with Crippen LogP contribution < -0.4 is 9.68 Å². The second-order valence-electron chi connectivity index (χ2n) is 9.35. The molecule has 0 bridgehead atoms. The van der Waals surface area contributed by atoms with E-state index in [0.717, 1.165) is 72.5 Å². The van der Waals surface area contributed by atoms with Crippen LogP contribution in [0.5, 0.6) is 11.5 Å². The Balaban J connectivity index is 1.48. The van der Waals surface area contributed by atoms with Crippen molar-refractivity contribution in [2.24, 2.45) is 0 Å². The molecule has 1 saturated heterocycles. The van der Waals surface area contributed by atoms with Crippen molar-refractivity contribution in [1.29, 1.82) is 0 Å². The highest BCUT2D eigenvalue weighted by molar-refractivity contribution is 6.00. The highest BCUT2D eigenvalue weighted by atomic mass is 19.3. The predicted molar refractivity (Wildman–Crippen MR) is 134 cm³/mol. The fraction of sp³-hybridized carbons (Fsp3) is 0.345. The third-order valence-electron chi connectivity index (χ3n) is 6.99. The van der Waals surface area contributed by atoms with E-state index in [-0.39, 0.29) is 24.3 Å². The Morgan fingerprint density at radius 2 is 1.83 bits per heavy atom. The highest BCUT2D eigenvalue weighted by Crippen LogP contribution is 2.41. The van der Waals surface area contributed by atoms with Crippen molar-refractivity contribution in [3.8, 4) is 11.5 Å². The molecule has 0 N–H and O–H groups in total. The molecule has 3 aromatic rings. The second kappa shape index (κ2) is 11.2. The molecule has 0 radical (unpaired) electrons. The van der Waals surface area contributed by atoms with Gasteiger partial charge in [0.25, 0.3) is 0 Å². The van der Waals surface area contributed by atoms with Crippen LogP contribution in [0.25, 0.3) is 11.1 Å². The van der Waals surface area contributed by atoms with E-state index in [1.54, 1.807) is 24.4 Å². The number of aromatic nitrogens is 1. The maximum absolute atomic E-state index is 14.9. The van der Waals surface area contributed by atoms with Crippen molar-refractivity contribution >= 4 is 11.1 Å². The van der Waals surface area contributed by atoms with E-state index >= 15 is 0 Å². The molecule has 2 aliphatic rings. The van der Waals surface area contributed by atoms with Gasteiger partial charge in [0.05, 0.1) is 12.9 Å². The number of ether oxygens (including phenoxy) is 1. The number of likely N-dealkylation sites (tertiary alicyclic amines) is 1. The van der Waals surface area contributed by atoms with Crippen LogP contribution in [0.3, 0.4) is 0 Å². The number of pyridine rings is 1. The molecule has 7 heteroatoms. The van der Waals surface area contributed by atoms with E-state index in [2.05, 4.69) is 14.8 Å². The third-order valence-corrected chi connectivity index (χ3v) is 6.99. The summed E-state index contributed by atoms with van der Waals surface area (Å²) in [6.45, 7) is 2.17. The molecular formula is C29H29F3N2O2. The summed E-state index contributed by atoms with van der Waals surface area (Å²) >= 11 is 0. The topological polar surface area (TPSA) is 34.6 Å². The van der Waals surface area contributed by atoms with Gasteiger partial charge in [-0.1, -0.05) is 18.2 Å². The minimum atomic E-state index is -0.365. The average Bonchev–Trinajstić information content (AvgIpc) is 3.26. The SMILES string of the molecule is FCCCN1CC[C@H](Oc2ccc(C3=C(c4ccncc4F)CCCc4cc(OF)ccc43)cc2)C1. The van der Waals surface area contributed by atoms with Gasteiger partial charge in [-0.15, -0.1) is 0 Å². The van der Waals surface area contributed by atoms with Gasteiger partial charge in [0.2, 0.25) is 0 Å². The minimum absolute atomic E-state index is 0.0777. The minimum Gasteiger partial charge on any atom is -0.489 e. The van der Waals surface area contributed by atoms with E-state index in [0.29, 0.717) is 18.4 Å². The molecule has 1 atom stereocenters. The zero-order valence-electron chi connectivity index (χ0n) is 20.1. The Bertz CT molecular complexity index is 1230. The summed E-state index contributed by atoms with van der Waals surface area (Å²) in [5, 5.41) is 0. The van der Waals surface area contributed by atoms with Crippen molar-refractivity contribution in [2.45, 2.75) is 38.2 Å². The number of benzene rings is 2. The van der Waals surface area contributed by atoms with Crippen LogP contribution in [0.2, 0.25) is 0 Å². The van der Waals surface area contributed by atoms with Crippen LogP contribution in [0.4, 0.5) is 13.3 Å². The van der Waals surface area contributed by atoms with E-state index in [4.69, 9.17) is 4.74 Å². The van der Waals surface area contributed by atoms with Gasteiger partial charge >= 0.3 is 0 Å². The van der Waals surface area contributed by atoms with Crippen molar-refractivity contribution < 1.29 is 23.0 Å². The lowest BCUT2D eigenvalue weighted by atomic mass is 9.88. The number of nitrogens with zero attached hydrogens (tertiary/aromatic N) is 2. The van der Waals surface area contributed by atoms with Gasteiger partial charge < -0.3 is 4.74 Å². The number of aryl methyl sites for hydroxylation is 1. The van der Waals surface area contributed by atoms with E-state index < -0.39 is 0 Å². The first-order chi connectivity index (χ1) is 17.7. The lowest BCUT2D eigenvalue weighted by Gasteiger charge is -2.19. The van der Waals surface area contributed by atoms with Crippen molar-refractivity contribution in [1.82, 2.24) is 9.88 Å². The fourth-order valence-corrected chi connectivity index (χ4v) is 5.30. The summed E-state index contributed by atoms with van der Waals surface area (Å²) in [4.78, 5) is 10.1. The first-order valence-corrected chi connectivity index (χ1v) is 12.5. The molecule has 36 heavy (non-hydrogen) atoms. The summed E-state index contributed by atoms with van der Waals surface area (Å²) in [5.41, 5.74) is 5.18. The van der Waals surface area contributed by atoms with Crippen molar-refractivity contribution in [3.63, 3.8) is 0 Å². The Hall–Kier alpha value is -3.32. The number of alkyl halides is 1. The molecule has 2 heterocycles. The molecule has 0 spiro atoms. The molecule has 0 amide bonds. The maximum Gasteiger partial charge on any atom is 0.172 e. The smallest absolute Gasteiger partial charge is 0.172 e. The zero-order valence-corrected chi connectivity index (χ0v) is 20.1. The van der Waals surface area contributed by atoms with Crippen LogP contribution in [0, 0.1) is 5.82 Å². The fourth-order valence-electron chi connectivity index (χ4n) is 5.30. The summed E-state index contributed by atoms with van der Waals surface area (Å²) in [6, 6.07) is 14.7. The second-order valence-corrected chi connectivity index (χ2v) is 9.35. The molecule has 0 unspecified atom stereocenters. The molecular weight excluding hydrogens is 465 g/mol. The number of halogens is 3. The molecule has 4 nitrogen and oxygen atoms in total. The largest absolute Gasteiger partial charge is 0.489 e. The van der Waals surface area contributed by atoms with Crippen LogP contribution >= 0.6 is 0 Å². The number of allylic oxidation sites excluding steroid dienone is 1. The van der Waals surface area contributed by atoms with Gasteiger partial charge in [0.1, 0.15) is 17.7 Å². The number of hydrogen-bond donors (Lipinski definition) is 0. The lowest BCUT2D eigenvalue weighted by Crippen LogP contribution is -2.26. The number of hydrogen-bond acceptors (Lipinski definition) is 4. The van der Waals surface area contributed by atoms with Crippen LogP contribution in [-0.2, 0) is 6.42 Å². The molecule has 0 saturated carbocycles. The highest BCUT2D eigenvalue weighted by Gasteiger charge is 2.25. The predicted octanol–water partition coefficient (Wildman–Crippen LogP) is 6.59. The normalized spacial score (nSPS) is 18.1. The van der Waals surface area contributed by atoms with Crippen LogP contribution in [-0.4, -0.2) is 42.3 Å². The van der Waals surface area contributed by atoms with E-state index in [1.165, 1.54) is 6.20 Å². The van der Waals surface area contributed by atoms with Gasteiger partial charge in [-0.3, -0.25) is 19.2 Å². The first-order valence-electron chi connectivity index (χ1n) is 12.5. The van der Waals surface area contributed by atoms with Gasteiger partial charge in [0, 0.05) is 35.9 Å². The van der Waals surface area contributed by atoms with Gasteiger partial charge in [-0.25, -0.2) is 4.39 Å². The Morgan fingerprint density at radius 3 is 2.61 bits per heavy atom. The quantitative estimate of drug-likeness (QED) is 0.354. The summed E-state index contributed by atoms with van der Waals surface area (Å²) in [7, 11) is 0. The van der Waals surface area contributed by atoms with Gasteiger partial charge in [0.15, 0.2) is 5.75 Å². The Kier molecular flexibility index (Phi) is 7.56. The van der Waals surface area contributed by atoms with Crippen molar-refractivity contribution in [2.75, 3.05) is 26.3 Å². The molecule has 1 fully saturated rings. The zero-order chi connectivity index (χ0) is 24.9. The van der Waals surface area contributed by atoms with Crippen molar-refractivity contribution in [3.05, 3.63) is 89.0 Å². The van der Waals surface area contributed by atoms with Crippen LogP contribution in [0.1, 0.15) is 47.9 Å². The Morgan fingerprint density at radius 1 is 1.00 bits per heavy atom. The molecule has 1 aliphatic carbocycles. The third kappa shape index (κ3) is 5.26. The summed E-state index contributed by atoms with van der Waals surface area (Å²) in [6.07, 6.45) is 6.58. The lowest BCUT2D eigenvalue weighted by molar-refractivity contribution is -0.00629. The number of rotatable bonds is 8. The molecule has 1 aromatic heterocycles. The monoisotopic (exact) mass is 494 g/mol. The summed E-state index contributed by atoms with van der Waals surface area (Å²) in [5.74, 6) is 0.562. The average molecular weight is 495 g/mol. The molecule has 5 rings (SSSR count). The molecule has 188 valence electrons. The van der Waals surface area contributed by atoms with E-state index in [1.807, 2.05) is 30.3 Å². The molecule has 2 aromatic carbocycles. The Labute approximate surface area is 209 Å².